The minimum atomic E-state index is -4.61. The number of hydrogen-bond donors (Lipinski definition) is 1. The molecule has 9 heteroatoms. The highest BCUT2D eigenvalue weighted by atomic mass is 32.2. The molecule has 0 aliphatic carbocycles. The third-order valence-corrected chi connectivity index (χ3v) is 5.82. The number of nitrogens with zero attached hydrogens (tertiary/aromatic N) is 3. The van der Waals surface area contributed by atoms with Crippen LogP contribution in [0, 0.1) is 0 Å². The van der Waals surface area contributed by atoms with E-state index in [4.69, 9.17) is 0 Å². The van der Waals surface area contributed by atoms with Crippen LogP contribution in [0.15, 0.2) is 78.2 Å². The quantitative estimate of drug-likeness (QED) is 0.511. The van der Waals surface area contributed by atoms with Crippen LogP contribution in [0.3, 0.4) is 0 Å². The molecule has 1 aromatic carbocycles. The zero-order valence-electron chi connectivity index (χ0n) is 15.0. The highest BCUT2D eigenvalue weighted by Gasteiger charge is 2.26. The fourth-order valence-electron chi connectivity index (χ4n) is 2.96. The van der Waals surface area contributed by atoms with Gasteiger partial charge < -0.3 is 9.88 Å². The Morgan fingerprint density at radius 2 is 1.86 bits per heavy atom. The SMILES string of the molecule is O=S(=O)(c1ccc(Nc2cc3c(ccn3Cc3cccnc3)cn2)cc1)C(F)F. The monoisotopic (exact) mass is 414 g/mol. The molecule has 0 saturated heterocycles. The Labute approximate surface area is 165 Å². The van der Waals surface area contributed by atoms with Gasteiger partial charge >= 0.3 is 5.76 Å². The maximum Gasteiger partial charge on any atom is 0.341 e. The lowest BCUT2D eigenvalue weighted by molar-refractivity contribution is 0.234. The Kier molecular flexibility index (Phi) is 4.98. The summed E-state index contributed by atoms with van der Waals surface area (Å²) in [7, 11) is -4.61. The van der Waals surface area contributed by atoms with Gasteiger partial charge in [0.2, 0.25) is 9.84 Å². The Morgan fingerprint density at radius 1 is 1.07 bits per heavy atom. The van der Waals surface area contributed by atoms with Crippen molar-refractivity contribution in [2.24, 2.45) is 0 Å². The zero-order valence-corrected chi connectivity index (χ0v) is 15.9. The second kappa shape index (κ2) is 7.59. The van der Waals surface area contributed by atoms with Crippen molar-refractivity contribution in [3.63, 3.8) is 0 Å². The van der Waals surface area contributed by atoms with Crippen LogP contribution in [0.5, 0.6) is 0 Å². The molecule has 148 valence electrons. The lowest BCUT2D eigenvalue weighted by Gasteiger charge is -2.09. The molecule has 0 spiro atoms. The van der Waals surface area contributed by atoms with Gasteiger partial charge in [-0.1, -0.05) is 6.07 Å². The van der Waals surface area contributed by atoms with Crippen LogP contribution in [0.4, 0.5) is 20.3 Å². The highest BCUT2D eigenvalue weighted by molar-refractivity contribution is 7.91. The molecule has 6 nitrogen and oxygen atoms in total. The first kappa shape index (κ1) is 19.0. The van der Waals surface area contributed by atoms with E-state index < -0.39 is 20.5 Å². The van der Waals surface area contributed by atoms with Crippen LogP contribution in [-0.2, 0) is 16.4 Å². The van der Waals surface area contributed by atoms with E-state index >= 15 is 0 Å². The molecule has 29 heavy (non-hydrogen) atoms. The number of pyridine rings is 2. The van der Waals surface area contributed by atoms with E-state index in [1.54, 1.807) is 18.6 Å². The van der Waals surface area contributed by atoms with E-state index in [-0.39, 0.29) is 0 Å². The van der Waals surface area contributed by atoms with Crippen LogP contribution < -0.4 is 5.32 Å². The molecule has 4 rings (SSSR count). The van der Waals surface area contributed by atoms with Crippen molar-refractivity contribution in [2.45, 2.75) is 17.2 Å². The third-order valence-electron chi connectivity index (χ3n) is 4.42. The van der Waals surface area contributed by atoms with E-state index in [1.807, 2.05) is 30.5 Å². The van der Waals surface area contributed by atoms with Gasteiger partial charge in [-0.05, 0) is 42.0 Å². The van der Waals surface area contributed by atoms with Crippen LogP contribution in [0.1, 0.15) is 5.56 Å². The minimum absolute atomic E-state index is 0.424. The number of aromatic nitrogens is 3. The lowest BCUT2D eigenvalue weighted by Crippen LogP contribution is -2.11. The van der Waals surface area contributed by atoms with Gasteiger partial charge in [0, 0.05) is 48.5 Å². The van der Waals surface area contributed by atoms with Gasteiger partial charge in [-0.3, -0.25) is 4.98 Å². The van der Waals surface area contributed by atoms with Crippen molar-refractivity contribution >= 4 is 32.2 Å². The molecule has 0 amide bonds. The molecule has 0 aliphatic heterocycles. The summed E-state index contributed by atoms with van der Waals surface area (Å²) >= 11 is 0. The summed E-state index contributed by atoms with van der Waals surface area (Å²) < 4.78 is 50.4. The molecular formula is C20H16F2N4O2S. The number of benzene rings is 1. The minimum Gasteiger partial charge on any atom is -0.343 e. The topological polar surface area (TPSA) is 76.9 Å². The van der Waals surface area contributed by atoms with E-state index in [0.29, 0.717) is 18.1 Å². The number of rotatable bonds is 6. The summed E-state index contributed by atoms with van der Waals surface area (Å²) in [5, 5.41) is 4.04. The molecule has 0 saturated carbocycles. The van der Waals surface area contributed by atoms with Crippen LogP contribution in [-0.4, -0.2) is 28.7 Å². The fraction of sp³-hybridized carbons (Fsp3) is 0.100. The first-order valence-corrected chi connectivity index (χ1v) is 10.2. The fourth-order valence-corrected chi connectivity index (χ4v) is 3.68. The van der Waals surface area contributed by atoms with Crippen molar-refractivity contribution in [3.05, 3.63) is 78.9 Å². The van der Waals surface area contributed by atoms with Gasteiger partial charge in [0.1, 0.15) is 5.82 Å². The average molecular weight is 414 g/mol. The molecule has 4 aromatic rings. The molecule has 1 N–H and O–H groups in total. The number of alkyl halides is 2. The summed E-state index contributed by atoms with van der Waals surface area (Å²) in [5.74, 6) is -2.90. The van der Waals surface area contributed by atoms with Crippen LogP contribution >= 0.6 is 0 Å². The maximum absolute atomic E-state index is 12.6. The number of fused-ring (bicyclic) bond motifs is 1. The summed E-state index contributed by atoms with van der Waals surface area (Å²) in [4.78, 5) is 8.05. The van der Waals surface area contributed by atoms with Gasteiger partial charge in [-0.25, -0.2) is 13.4 Å². The van der Waals surface area contributed by atoms with E-state index in [0.717, 1.165) is 28.6 Å². The number of nitrogens with one attached hydrogen (secondary N) is 1. The van der Waals surface area contributed by atoms with Gasteiger partial charge in [-0.15, -0.1) is 0 Å². The summed E-state index contributed by atoms with van der Waals surface area (Å²) in [6.45, 7) is 0.654. The predicted molar refractivity (Wildman–Crippen MR) is 106 cm³/mol. The molecule has 0 unspecified atom stereocenters. The number of halogens is 2. The van der Waals surface area contributed by atoms with Crippen molar-refractivity contribution < 1.29 is 17.2 Å². The Hall–Kier alpha value is -3.33. The van der Waals surface area contributed by atoms with Crippen molar-refractivity contribution in [1.82, 2.24) is 14.5 Å². The molecule has 0 atom stereocenters. The number of hydrogen-bond acceptors (Lipinski definition) is 5. The van der Waals surface area contributed by atoms with Crippen molar-refractivity contribution in [1.29, 1.82) is 0 Å². The van der Waals surface area contributed by atoms with Crippen LogP contribution in [0.2, 0.25) is 0 Å². The van der Waals surface area contributed by atoms with Gasteiger partial charge in [0.25, 0.3) is 0 Å². The lowest BCUT2D eigenvalue weighted by atomic mass is 10.2. The van der Waals surface area contributed by atoms with E-state index in [1.165, 1.54) is 12.1 Å². The highest BCUT2D eigenvalue weighted by Crippen LogP contribution is 2.24. The molecule has 3 heterocycles. The van der Waals surface area contributed by atoms with Crippen molar-refractivity contribution in [3.8, 4) is 0 Å². The predicted octanol–water partition coefficient (Wildman–Crippen LogP) is 4.22. The molecule has 0 fully saturated rings. The zero-order chi connectivity index (χ0) is 20.4. The molecule has 0 bridgehead atoms. The van der Waals surface area contributed by atoms with Crippen LogP contribution in [0.25, 0.3) is 10.9 Å². The Balaban J connectivity index is 1.58. The van der Waals surface area contributed by atoms with Crippen molar-refractivity contribution in [2.75, 3.05) is 5.32 Å². The standard InChI is InChI=1S/C20H16F2N4O2S/c21-20(22)29(27,28)17-5-3-16(4-6-17)25-19-10-18-15(12-24-19)7-9-26(18)13-14-2-1-8-23-11-14/h1-12,20H,13H2,(H,24,25). The second-order valence-electron chi connectivity index (χ2n) is 6.39. The summed E-state index contributed by atoms with van der Waals surface area (Å²) in [5.41, 5.74) is 2.56. The molecular weight excluding hydrogens is 398 g/mol. The Morgan fingerprint density at radius 3 is 2.55 bits per heavy atom. The Bertz CT molecular complexity index is 1240. The summed E-state index contributed by atoms with van der Waals surface area (Å²) in [6, 6.07) is 12.9. The van der Waals surface area contributed by atoms with E-state index in [9.17, 15) is 17.2 Å². The first-order chi connectivity index (χ1) is 13.9. The maximum atomic E-state index is 12.6. The molecule has 3 aromatic heterocycles. The molecule has 0 aliphatic rings. The van der Waals surface area contributed by atoms with Gasteiger partial charge in [0.15, 0.2) is 0 Å². The van der Waals surface area contributed by atoms with Gasteiger partial charge in [0.05, 0.1) is 10.4 Å². The molecule has 0 radical (unpaired) electrons. The first-order valence-electron chi connectivity index (χ1n) is 8.66. The summed E-state index contributed by atoms with van der Waals surface area (Å²) in [6.07, 6.45) is 7.22. The second-order valence-corrected chi connectivity index (χ2v) is 8.31. The normalized spacial score (nSPS) is 11.8. The van der Waals surface area contributed by atoms with Gasteiger partial charge in [-0.2, -0.15) is 8.78 Å². The number of anilines is 2. The van der Waals surface area contributed by atoms with E-state index in [2.05, 4.69) is 19.9 Å². The average Bonchev–Trinajstić information content (AvgIpc) is 3.11. The number of sulfone groups is 1. The largest absolute Gasteiger partial charge is 0.343 e. The third kappa shape index (κ3) is 3.95. The smallest absolute Gasteiger partial charge is 0.341 e.